The van der Waals surface area contributed by atoms with E-state index in [9.17, 15) is 19.7 Å². The third kappa shape index (κ3) is 4.10. The van der Waals surface area contributed by atoms with Gasteiger partial charge in [0.25, 0.3) is 0 Å². The van der Waals surface area contributed by atoms with Crippen LogP contribution >= 0.6 is 0 Å². The second kappa shape index (κ2) is 8.03. The van der Waals surface area contributed by atoms with Crippen molar-refractivity contribution >= 4 is 17.5 Å². The van der Waals surface area contributed by atoms with E-state index >= 15 is 0 Å². The minimum atomic E-state index is -0.435. The van der Waals surface area contributed by atoms with Crippen LogP contribution in [0.1, 0.15) is 30.7 Å². The molecule has 0 saturated carbocycles. The van der Waals surface area contributed by atoms with Crippen LogP contribution in [0, 0.1) is 24.0 Å². The summed E-state index contributed by atoms with van der Waals surface area (Å²) in [6.45, 7) is 6.63. The minimum Gasteiger partial charge on any atom is -0.341 e. The van der Waals surface area contributed by atoms with Crippen molar-refractivity contribution in [3.05, 3.63) is 21.5 Å². The number of carbonyl (C=O) groups is 2. The first-order chi connectivity index (χ1) is 12.9. The molecule has 2 aliphatic rings. The summed E-state index contributed by atoms with van der Waals surface area (Å²) in [6, 6.07) is 0.0760. The van der Waals surface area contributed by atoms with Gasteiger partial charge >= 0.3 is 5.69 Å². The highest BCUT2D eigenvalue weighted by atomic mass is 16.6. The molecule has 1 N–H and O–H groups in total. The highest BCUT2D eigenvalue weighted by Crippen LogP contribution is 2.22. The molecule has 0 spiro atoms. The molecule has 27 heavy (non-hydrogen) atoms. The molecule has 0 aliphatic carbocycles. The van der Waals surface area contributed by atoms with Crippen molar-refractivity contribution in [1.82, 2.24) is 24.9 Å². The fourth-order valence-electron chi connectivity index (χ4n) is 3.97. The van der Waals surface area contributed by atoms with E-state index in [4.69, 9.17) is 0 Å². The number of carbonyl (C=O) groups excluding carboxylic acids is 2. The average molecular weight is 378 g/mol. The van der Waals surface area contributed by atoms with Gasteiger partial charge in [-0.15, -0.1) is 0 Å². The number of nitrogens with zero attached hydrogens (tertiary/aromatic N) is 5. The Morgan fingerprint density at radius 3 is 2.81 bits per heavy atom. The Kier molecular flexibility index (Phi) is 5.73. The van der Waals surface area contributed by atoms with Crippen molar-refractivity contribution in [2.24, 2.45) is 0 Å². The third-order valence-corrected chi connectivity index (χ3v) is 5.38. The van der Waals surface area contributed by atoms with Gasteiger partial charge in [-0.3, -0.25) is 24.4 Å². The standard InChI is InChI=1S/C17H26N6O4/c1-12-17(23(26)27)13(2)22(19-12)8-5-15(24)20-7-3-4-14(11-20)21-9-6-18-10-16(21)25/h14,18H,3-11H2,1-2H3. The lowest BCUT2D eigenvalue weighted by Gasteiger charge is -2.41. The van der Waals surface area contributed by atoms with Gasteiger partial charge in [0, 0.05) is 38.6 Å². The molecular weight excluding hydrogens is 352 g/mol. The maximum Gasteiger partial charge on any atom is 0.312 e. The molecular formula is C17H26N6O4. The number of aromatic nitrogens is 2. The Hall–Kier alpha value is -2.49. The summed E-state index contributed by atoms with van der Waals surface area (Å²) >= 11 is 0. The Morgan fingerprint density at radius 1 is 1.37 bits per heavy atom. The summed E-state index contributed by atoms with van der Waals surface area (Å²) < 4.78 is 1.53. The largest absolute Gasteiger partial charge is 0.341 e. The van der Waals surface area contributed by atoms with Crippen LogP contribution in [0.5, 0.6) is 0 Å². The van der Waals surface area contributed by atoms with Crippen LogP contribution in [-0.2, 0) is 16.1 Å². The number of piperidine rings is 1. The Bertz CT molecular complexity index is 746. The van der Waals surface area contributed by atoms with Crippen LogP contribution in [0.4, 0.5) is 5.69 Å². The van der Waals surface area contributed by atoms with E-state index in [0.29, 0.717) is 44.1 Å². The fourth-order valence-corrected chi connectivity index (χ4v) is 3.97. The van der Waals surface area contributed by atoms with E-state index < -0.39 is 4.92 Å². The van der Waals surface area contributed by atoms with E-state index in [-0.39, 0.29) is 30.0 Å². The van der Waals surface area contributed by atoms with Gasteiger partial charge in [0.15, 0.2) is 0 Å². The molecule has 0 bridgehead atoms. The van der Waals surface area contributed by atoms with Crippen LogP contribution < -0.4 is 5.32 Å². The number of nitro groups is 1. The molecule has 2 aliphatic heterocycles. The normalized spacial score (nSPS) is 20.8. The summed E-state index contributed by atoms with van der Waals surface area (Å²) in [5.41, 5.74) is 0.839. The molecule has 0 aromatic carbocycles. The SMILES string of the molecule is Cc1nn(CCC(=O)N2CCCC(N3CCNCC3=O)C2)c(C)c1[N+](=O)[O-]. The molecule has 3 rings (SSSR count). The van der Waals surface area contributed by atoms with Crippen LogP contribution in [0.3, 0.4) is 0 Å². The Morgan fingerprint density at radius 2 is 2.15 bits per heavy atom. The Balaban J connectivity index is 1.59. The van der Waals surface area contributed by atoms with Crippen LogP contribution in [0.15, 0.2) is 0 Å². The second-order valence-corrected chi connectivity index (χ2v) is 7.15. The van der Waals surface area contributed by atoms with Crippen molar-refractivity contribution in [1.29, 1.82) is 0 Å². The summed E-state index contributed by atoms with van der Waals surface area (Å²) in [4.78, 5) is 39.1. The lowest BCUT2D eigenvalue weighted by Crippen LogP contribution is -2.57. The van der Waals surface area contributed by atoms with Crippen LogP contribution in [0.2, 0.25) is 0 Å². The smallest absolute Gasteiger partial charge is 0.312 e. The second-order valence-electron chi connectivity index (χ2n) is 7.15. The number of amides is 2. The summed E-state index contributed by atoms with van der Waals surface area (Å²) in [5, 5.41) is 18.4. The van der Waals surface area contributed by atoms with Crippen molar-refractivity contribution in [3.8, 4) is 0 Å². The average Bonchev–Trinajstić information content (AvgIpc) is 2.93. The number of hydrogen-bond acceptors (Lipinski definition) is 6. The van der Waals surface area contributed by atoms with E-state index in [1.807, 2.05) is 9.80 Å². The number of hydrogen-bond donors (Lipinski definition) is 1. The number of rotatable bonds is 5. The van der Waals surface area contributed by atoms with Crippen LogP contribution in [0.25, 0.3) is 0 Å². The van der Waals surface area contributed by atoms with Gasteiger partial charge in [0.05, 0.1) is 18.0 Å². The zero-order valence-corrected chi connectivity index (χ0v) is 15.8. The highest BCUT2D eigenvalue weighted by Gasteiger charge is 2.31. The maximum atomic E-state index is 12.7. The zero-order valence-electron chi connectivity index (χ0n) is 15.8. The number of aryl methyl sites for hydroxylation is 2. The van der Waals surface area contributed by atoms with Crippen molar-refractivity contribution in [2.45, 2.75) is 45.7 Å². The molecule has 1 atom stereocenters. The minimum absolute atomic E-state index is 0.00232. The molecule has 2 fully saturated rings. The topological polar surface area (TPSA) is 114 Å². The van der Waals surface area contributed by atoms with Crippen LogP contribution in [-0.4, -0.2) is 75.1 Å². The van der Waals surface area contributed by atoms with Gasteiger partial charge in [-0.25, -0.2) is 0 Å². The van der Waals surface area contributed by atoms with Gasteiger partial charge in [-0.05, 0) is 26.7 Å². The first kappa shape index (κ1) is 19.3. The predicted octanol–water partition coefficient (Wildman–Crippen LogP) is 0.221. The molecule has 3 heterocycles. The van der Waals surface area contributed by atoms with E-state index in [1.165, 1.54) is 4.68 Å². The third-order valence-electron chi connectivity index (χ3n) is 5.38. The van der Waals surface area contributed by atoms with E-state index in [1.54, 1.807) is 13.8 Å². The van der Waals surface area contributed by atoms with Gasteiger partial charge in [0.2, 0.25) is 11.8 Å². The Labute approximate surface area is 157 Å². The summed E-state index contributed by atoms with van der Waals surface area (Å²) in [6.07, 6.45) is 2.03. The maximum absolute atomic E-state index is 12.7. The molecule has 148 valence electrons. The monoisotopic (exact) mass is 378 g/mol. The molecule has 1 aromatic heterocycles. The molecule has 2 amide bonds. The summed E-state index contributed by atoms with van der Waals surface area (Å²) in [7, 11) is 0. The quantitative estimate of drug-likeness (QED) is 0.579. The number of likely N-dealkylation sites (tertiary alicyclic amines) is 1. The lowest BCUT2D eigenvalue weighted by molar-refractivity contribution is -0.386. The molecule has 1 aromatic rings. The number of nitrogens with one attached hydrogen (secondary N) is 1. The van der Waals surface area contributed by atoms with Crippen molar-refractivity contribution < 1.29 is 14.5 Å². The molecule has 0 radical (unpaired) electrons. The van der Waals surface area contributed by atoms with Crippen molar-refractivity contribution in [3.63, 3.8) is 0 Å². The van der Waals surface area contributed by atoms with Gasteiger partial charge in [-0.2, -0.15) is 5.10 Å². The van der Waals surface area contributed by atoms with E-state index in [2.05, 4.69) is 10.4 Å². The molecule has 10 heteroatoms. The molecule has 1 unspecified atom stereocenters. The molecule has 2 saturated heterocycles. The molecule has 10 nitrogen and oxygen atoms in total. The first-order valence-electron chi connectivity index (χ1n) is 9.35. The first-order valence-corrected chi connectivity index (χ1v) is 9.35. The fraction of sp³-hybridized carbons (Fsp3) is 0.706. The van der Waals surface area contributed by atoms with Gasteiger partial charge < -0.3 is 15.1 Å². The number of piperazine rings is 1. The van der Waals surface area contributed by atoms with Crippen molar-refractivity contribution in [2.75, 3.05) is 32.7 Å². The van der Waals surface area contributed by atoms with Gasteiger partial charge in [0.1, 0.15) is 11.4 Å². The lowest BCUT2D eigenvalue weighted by atomic mass is 10.0. The summed E-state index contributed by atoms with van der Waals surface area (Å²) in [5.74, 6) is 0.0907. The van der Waals surface area contributed by atoms with E-state index in [0.717, 1.165) is 19.4 Å². The highest BCUT2D eigenvalue weighted by molar-refractivity contribution is 5.80. The van der Waals surface area contributed by atoms with Gasteiger partial charge in [-0.1, -0.05) is 0 Å². The zero-order chi connectivity index (χ0) is 19.6. The predicted molar refractivity (Wildman–Crippen MR) is 97.2 cm³/mol.